The minimum Gasteiger partial charge on any atom is -0.478 e. The van der Waals surface area contributed by atoms with Gasteiger partial charge in [0.25, 0.3) is 5.91 Å². The second-order valence-corrected chi connectivity index (χ2v) is 10.5. The average Bonchev–Trinajstić information content (AvgIpc) is 3.81. The number of aromatic nitrogens is 2. The molecule has 0 radical (unpaired) electrons. The van der Waals surface area contributed by atoms with Crippen LogP contribution in [0.3, 0.4) is 0 Å². The lowest BCUT2D eigenvalue weighted by Gasteiger charge is -2.12. The van der Waals surface area contributed by atoms with Gasteiger partial charge in [-0.05, 0) is 109 Å². The zero-order valence-corrected chi connectivity index (χ0v) is 27.3. The number of benzene rings is 4. The van der Waals surface area contributed by atoms with Gasteiger partial charge in [0.2, 0.25) is 0 Å². The third kappa shape index (κ3) is 11.0. The van der Waals surface area contributed by atoms with E-state index < -0.39 is 29.6 Å². The smallest absolute Gasteiger partial charge is 0.335 e. The average molecular weight is 695 g/mol. The van der Waals surface area contributed by atoms with Crippen LogP contribution in [0.4, 0.5) is 20.2 Å². The molecule has 13 heteroatoms. The van der Waals surface area contributed by atoms with Gasteiger partial charge in [0.1, 0.15) is 23.1 Å². The molecular weight excluding hydrogens is 662 g/mol. The van der Waals surface area contributed by atoms with E-state index in [1.807, 2.05) is 41.2 Å². The molecule has 6 aromatic rings. The first-order chi connectivity index (χ1) is 24.4. The molecule has 0 aliphatic rings. The number of esters is 2. The fourth-order valence-corrected chi connectivity index (χ4v) is 4.45. The molecule has 1 amide bonds. The van der Waals surface area contributed by atoms with Gasteiger partial charge in [0.15, 0.2) is 0 Å². The van der Waals surface area contributed by atoms with E-state index >= 15 is 0 Å². The number of carboxylic acids is 1. The molecular formula is C38H32F2N4O7. The summed E-state index contributed by atoms with van der Waals surface area (Å²) in [5.74, 6) is -2.33. The summed E-state index contributed by atoms with van der Waals surface area (Å²) in [5, 5.41) is 11.3. The van der Waals surface area contributed by atoms with Gasteiger partial charge in [-0.2, -0.15) is 0 Å². The summed E-state index contributed by atoms with van der Waals surface area (Å²) in [7, 11) is 0. The molecule has 0 atom stereocenters. The minimum absolute atomic E-state index is 0.163. The van der Waals surface area contributed by atoms with Crippen molar-refractivity contribution in [3.05, 3.63) is 157 Å². The second-order valence-electron chi connectivity index (χ2n) is 10.5. The van der Waals surface area contributed by atoms with Crippen molar-refractivity contribution in [3.63, 3.8) is 0 Å². The number of nitrogens with zero attached hydrogens (tertiary/aromatic N) is 2. The lowest BCUT2D eigenvalue weighted by molar-refractivity contribution is -0.132. The Morgan fingerprint density at radius 1 is 0.627 bits per heavy atom. The maximum absolute atomic E-state index is 13.6. The SMILES string of the molecule is CC(=O)Oc1ccc(C(=O)Nc2cc(F)ccc2-n2cccc2)cc1.CC(=O)Oc1ccc(C(=O)O)cc1.Nc1cc(F)ccc1-n1cccc1. The van der Waals surface area contributed by atoms with Gasteiger partial charge in [0.05, 0.1) is 28.3 Å². The molecule has 0 bridgehead atoms. The van der Waals surface area contributed by atoms with Crippen LogP contribution in [-0.4, -0.2) is 38.1 Å². The van der Waals surface area contributed by atoms with Crippen LogP contribution in [0.25, 0.3) is 11.4 Å². The van der Waals surface area contributed by atoms with Gasteiger partial charge in [-0.1, -0.05) is 0 Å². The molecule has 0 saturated heterocycles. The molecule has 0 aliphatic heterocycles. The Bertz CT molecular complexity index is 2100. The van der Waals surface area contributed by atoms with Gasteiger partial charge in [-0.3, -0.25) is 14.4 Å². The number of carbonyl (C=O) groups excluding carboxylic acids is 3. The number of nitrogens with two attached hydrogens (primary N) is 1. The number of ether oxygens (including phenoxy) is 2. The van der Waals surface area contributed by atoms with Crippen molar-refractivity contribution in [1.82, 2.24) is 9.13 Å². The Hall–Kier alpha value is -7.02. The number of nitrogens with one attached hydrogen (secondary N) is 1. The highest BCUT2D eigenvalue weighted by Gasteiger charge is 2.12. The van der Waals surface area contributed by atoms with Crippen LogP contribution in [0.5, 0.6) is 11.5 Å². The first-order valence-corrected chi connectivity index (χ1v) is 15.1. The Kier molecular flexibility index (Phi) is 12.6. The van der Waals surface area contributed by atoms with E-state index in [-0.39, 0.29) is 11.4 Å². The van der Waals surface area contributed by atoms with E-state index in [0.717, 1.165) is 5.69 Å². The molecule has 11 nitrogen and oxygen atoms in total. The Morgan fingerprint density at radius 2 is 1.06 bits per heavy atom. The lowest BCUT2D eigenvalue weighted by atomic mass is 10.2. The number of hydrogen-bond donors (Lipinski definition) is 3. The van der Waals surface area contributed by atoms with Crippen molar-refractivity contribution in [2.75, 3.05) is 11.1 Å². The zero-order valence-electron chi connectivity index (χ0n) is 27.3. The third-order valence-corrected chi connectivity index (χ3v) is 6.70. The number of nitrogen functional groups attached to an aromatic ring is 1. The number of hydrogen-bond acceptors (Lipinski definition) is 7. The second kappa shape index (κ2) is 17.4. The highest BCUT2D eigenvalue weighted by atomic mass is 19.1. The molecule has 51 heavy (non-hydrogen) atoms. The van der Waals surface area contributed by atoms with Crippen molar-refractivity contribution in [2.24, 2.45) is 0 Å². The maximum Gasteiger partial charge on any atom is 0.335 e. The predicted molar refractivity (Wildman–Crippen MR) is 186 cm³/mol. The number of rotatable bonds is 7. The molecule has 4 aromatic carbocycles. The molecule has 0 fully saturated rings. The summed E-state index contributed by atoms with van der Waals surface area (Å²) in [4.78, 5) is 44.3. The summed E-state index contributed by atoms with van der Waals surface area (Å²) >= 11 is 0. The molecule has 4 N–H and O–H groups in total. The molecule has 0 aliphatic carbocycles. The quantitative estimate of drug-likeness (QED) is 0.0894. The van der Waals surface area contributed by atoms with E-state index in [2.05, 4.69) is 5.32 Å². The number of aromatic carboxylic acids is 1. The van der Waals surface area contributed by atoms with Crippen molar-refractivity contribution >= 4 is 35.2 Å². The number of anilines is 2. The van der Waals surface area contributed by atoms with Crippen molar-refractivity contribution < 1.29 is 42.5 Å². The Morgan fingerprint density at radius 3 is 1.51 bits per heavy atom. The molecule has 0 spiro atoms. The summed E-state index contributed by atoms with van der Waals surface area (Å²) in [6, 6.07) is 27.7. The summed E-state index contributed by atoms with van der Waals surface area (Å²) in [6.07, 6.45) is 7.33. The van der Waals surface area contributed by atoms with Gasteiger partial charge < -0.3 is 34.8 Å². The first kappa shape index (κ1) is 36.8. The largest absolute Gasteiger partial charge is 0.478 e. The summed E-state index contributed by atoms with van der Waals surface area (Å²) in [6.45, 7) is 2.58. The molecule has 260 valence electrons. The van der Waals surface area contributed by atoms with Crippen molar-refractivity contribution in [1.29, 1.82) is 0 Å². The van der Waals surface area contributed by atoms with Crippen LogP contribution in [0, 0.1) is 11.6 Å². The zero-order chi connectivity index (χ0) is 36.9. The van der Waals surface area contributed by atoms with Crippen LogP contribution < -0.4 is 20.5 Å². The molecule has 2 heterocycles. The molecule has 0 unspecified atom stereocenters. The fraction of sp³-hybridized carbons (Fsp3) is 0.0526. The van der Waals surface area contributed by atoms with Crippen molar-refractivity contribution in [3.8, 4) is 22.9 Å². The van der Waals surface area contributed by atoms with Crippen molar-refractivity contribution in [2.45, 2.75) is 13.8 Å². The van der Waals surface area contributed by atoms with Gasteiger partial charge >= 0.3 is 17.9 Å². The van der Waals surface area contributed by atoms with E-state index in [1.165, 1.54) is 86.6 Å². The standard InChI is InChI=1S/C19H15FN2O3.C10H9FN2.C9H8O4/c1-13(23)25-16-7-4-14(5-8-16)19(24)21-17-12-15(20)6-9-18(17)22-10-2-3-11-22;11-8-3-4-10(9(12)7-8)13-5-1-2-6-13;1-6(10)13-8-4-2-7(3-5-8)9(11)12/h2-12H,1H3,(H,21,24);1-7H,12H2;2-5H,1H3,(H,11,12). The fourth-order valence-electron chi connectivity index (χ4n) is 4.45. The van der Waals surface area contributed by atoms with Crippen LogP contribution >= 0.6 is 0 Å². The van der Waals surface area contributed by atoms with E-state index in [0.29, 0.717) is 34.1 Å². The lowest BCUT2D eigenvalue weighted by Crippen LogP contribution is -2.14. The highest BCUT2D eigenvalue weighted by Crippen LogP contribution is 2.23. The number of carboxylic acid groups (broad SMARTS) is 1. The molecule has 0 saturated carbocycles. The molecule has 6 rings (SSSR count). The van der Waals surface area contributed by atoms with E-state index in [1.54, 1.807) is 29.1 Å². The summed E-state index contributed by atoms with van der Waals surface area (Å²) in [5.41, 5.74) is 8.41. The minimum atomic E-state index is -1.01. The monoisotopic (exact) mass is 694 g/mol. The Labute approximate surface area is 291 Å². The van der Waals surface area contributed by atoms with E-state index in [9.17, 15) is 28.0 Å². The number of carbonyl (C=O) groups is 4. The number of halogens is 2. The van der Waals surface area contributed by atoms with Crippen LogP contribution in [0.1, 0.15) is 34.6 Å². The highest BCUT2D eigenvalue weighted by molar-refractivity contribution is 6.05. The first-order valence-electron chi connectivity index (χ1n) is 15.1. The summed E-state index contributed by atoms with van der Waals surface area (Å²) < 4.78 is 39.6. The number of amides is 1. The van der Waals surface area contributed by atoms with Crippen LogP contribution in [0.2, 0.25) is 0 Å². The van der Waals surface area contributed by atoms with E-state index in [4.69, 9.17) is 20.3 Å². The van der Waals surface area contributed by atoms with Gasteiger partial charge in [-0.15, -0.1) is 0 Å². The van der Waals surface area contributed by atoms with Gasteiger partial charge in [-0.25, -0.2) is 13.6 Å². The van der Waals surface area contributed by atoms with Gasteiger partial charge in [0, 0.05) is 44.2 Å². The Balaban J connectivity index is 0.000000189. The predicted octanol–water partition coefficient (Wildman–Crippen LogP) is 7.30. The van der Waals surface area contributed by atoms with Crippen LogP contribution in [-0.2, 0) is 9.59 Å². The third-order valence-electron chi connectivity index (χ3n) is 6.70. The topological polar surface area (TPSA) is 155 Å². The normalized spacial score (nSPS) is 10.0. The van der Waals surface area contributed by atoms with Crippen LogP contribution in [0.15, 0.2) is 134 Å². The maximum atomic E-state index is 13.6. The molecule has 2 aromatic heterocycles.